The molecule has 0 spiro atoms. The number of carbonyl (C=O) groups is 2. The van der Waals surface area contributed by atoms with Gasteiger partial charge in [0.2, 0.25) is 0 Å². The zero-order valence-corrected chi connectivity index (χ0v) is 19.2. The zero-order chi connectivity index (χ0) is 18.9. The van der Waals surface area contributed by atoms with Crippen molar-refractivity contribution < 1.29 is 19.1 Å². The summed E-state index contributed by atoms with van der Waals surface area (Å²) in [6.45, 7) is 2.30. The van der Waals surface area contributed by atoms with Crippen LogP contribution >= 0.6 is 24.8 Å². The van der Waals surface area contributed by atoms with Gasteiger partial charge in [-0.05, 0) is 78.6 Å². The van der Waals surface area contributed by atoms with E-state index in [1.165, 1.54) is 0 Å². The minimum atomic E-state index is -0.461. The second-order valence-electron chi connectivity index (χ2n) is 9.40. The quantitative estimate of drug-likeness (QED) is 0.542. The summed E-state index contributed by atoms with van der Waals surface area (Å²) in [6.07, 6.45) is 5.32. The fourth-order valence-electron chi connectivity index (χ4n) is 5.69. The molecule has 0 aromatic carbocycles. The maximum absolute atomic E-state index is 12.9. The van der Waals surface area contributed by atoms with Crippen LogP contribution < -0.4 is 0 Å². The number of carbonyl (C=O) groups excluding carboxylic acids is 2. The van der Waals surface area contributed by atoms with Gasteiger partial charge in [0.05, 0.1) is 10.8 Å². The lowest BCUT2D eigenvalue weighted by molar-refractivity contribution is -0.194. The third-order valence-corrected chi connectivity index (χ3v) is 6.47. The molecule has 0 N–H and O–H groups in total. The van der Waals surface area contributed by atoms with Gasteiger partial charge in [0, 0.05) is 13.1 Å². The van der Waals surface area contributed by atoms with Crippen molar-refractivity contribution in [3.8, 4) is 0 Å². The summed E-state index contributed by atoms with van der Waals surface area (Å²) in [6, 6.07) is 0. The van der Waals surface area contributed by atoms with E-state index >= 15 is 0 Å². The van der Waals surface area contributed by atoms with Crippen molar-refractivity contribution in [2.24, 2.45) is 22.7 Å². The summed E-state index contributed by atoms with van der Waals surface area (Å²) in [7, 11) is 7.88. The Hall–Kier alpha value is -0.560. The molecule has 0 amide bonds. The SMILES string of the molecule is CN(C)CCOC(=O)C12CC3CC(C1)CC(C(=O)OCCN(C)C)(C3)C2.Cl.Cl. The molecule has 4 fully saturated rings. The third kappa shape index (κ3) is 5.32. The first-order valence-electron chi connectivity index (χ1n) is 9.89. The maximum atomic E-state index is 12.9. The molecular formula is C20H36Cl2N2O4. The van der Waals surface area contributed by atoms with Crippen LogP contribution in [0.5, 0.6) is 0 Å². The highest BCUT2D eigenvalue weighted by Crippen LogP contribution is 2.65. The average molecular weight is 439 g/mol. The van der Waals surface area contributed by atoms with Gasteiger partial charge in [-0.15, -0.1) is 24.8 Å². The molecule has 4 saturated carbocycles. The first-order chi connectivity index (χ1) is 12.2. The molecule has 0 heterocycles. The Kier molecular flexibility index (Phi) is 9.07. The number of hydrogen-bond acceptors (Lipinski definition) is 6. The van der Waals surface area contributed by atoms with Gasteiger partial charge in [-0.3, -0.25) is 9.59 Å². The number of hydrogen-bond donors (Lipinski definition) is 0. The highest BCUT2D eigenvalue weighted by atomic mass is 35.5. The van der Waals surface area contributed by atoms with E-state index in [4.69, 9.17) is 9.47 Å². The number of likely N-dealkylation sites (N-methyl/N-ethyl adjacent to an activating group) is 2. The molecule has 8 heteroatoms. The first-order valence-corrected chi connectivity index (χ1v) is 9.89. The molecule has 4 rings (SSSR count). The maximum Gasteiger partial charge on any atom is 0.312 e. The lowest BCUT2D eigenvalue weighted by atomic mass is 9.44. The average Bonchev–Trinajstić information content (AvgIpc) is 2.52. The van der Waals surface area contributed by atoms with Crippen molar-refractivity contribution in [2.75, 3.05) is 54.5 Å². The van der Waals surface area contributed by atoms with E-state index in [9.17, 15) is 9.59 Å². The summed E-state index contributed by atoms with van der Waals surface area (Å²) in [5, 5.41) is 0. The number of halogens is 2. The fraction of sp³-hybridized carbons (Fsp3) is 0.900. The minimum Gasteiger partial charge on any atom is -0.464 e. The van der Waals surface area contributed by atoms with Crippen LogP contribution in [0.15, 0.2) is 0 Å². The predicted octanol–water partition coefficient (Wildman–Crippen LogP) is 2.63. The Labute approximate surface area is 181 Å². The van der Waals surface area contributed by atoms with Gasteiger partial charge in [0.25, 0.3) is 0 Å². The number of esters is 2. The van der Waals surface area contributed by atoms with Crippen molar-refractivity contribution in [3.05, 3.63) is 0 Å². The van der Waals surface area contributed by atoms with Crippen LogP contribution in [0.1, 0.15) is 38.5 Å². The van der Waals surface area contributed by atoms with E-state index in [0.29, 0.717) is 31.5 Å². The van der Waals surface area contributed by atoms with Crippen LogP contribution in [0, 0.1) is 22.7 Å². The van der Waals surface area contributed by atoms with Gasteiger partial charge >= 0.3 is 11.9 Å². The Morgan fingerprint density at radius 2 is 1.14 bits per heavy atom. The third-order valence-electron chi connectivity index (χ3n) is 6.47. The zero-order valence-electron chi connectivity index (χ0n) is 17.6. The van der Waals surface area contributed by atoms with Crippen molar-refractivity contribution in [3.63, 3.8) is 0 Å². The standard InChI is InChI=1S/C20H34N2O4.2ClH/c1-21(2)5-7-25-17(23)19-10-15-9-16(11-19)13-20(12-15,14-19)18(24)26-8-6-22(3)4;;/h15-16H,5-14H2,1-4H3;2*1H. The van der Waals surface area contributed by atoms with Crippen LogP contribution in [0.4, 0.5) is 0 Å². The molecule has 4 bridgehead atoms. The second kappa shape index (κ2) is 9.96. The monoisotopic (exact) mass is 438 g/mol. The normalized spacial score (nSPS) is 32.6. The van der Waals surface area contributed by atoms with Crippen LogP contribution in [-0.4, -0.2) is 76.2 Å². The highest BCUT2D eigenvalue weighted by Gasteiger charge is 2.64. The van der Waals surface area contributed by atoms with Crippen molar-refractivity contribution >= 4 is 36.8 Å². The summed E-state index contributed by atoms with van der Waals surface area (Å²) < 4.78 is 11.3. The van der Waals surface area contributed by atoms with Crippen molar-refractivity contribution in [1.29, 1.82) is 0 Å². The minimum absolute atomic E-state index is 0. The Morgan fingerprint density at radius 3 is 1.46 bits per heavy atom. The van der Waals surface area contributed by atoms with E-state index < -0.39 is 10.8 Å². The molecule has 0 aromatic rings. The van der Waals surface area contributed by atoms with Gasteiger partial charge in [-0.25, -0.2) is 0 Å². The van der Waals surface area contributed by atoms with Gasteiger partial charge in [-0.1, -0.05) is 0 Å². The van der Waals surface area contributed by atoms with Gasteiger partial charge < -0.3 is 19.3 Å². The molecule has 0 atom stereocenters. The summed E-state index contributed by atoms with van der Waals surface area (Å²) >= 11 is 0. The lowest BCUT2D eigenvalue weighted by Crippen LogP contribution is -2.58. The Balaban J connectivity index is 0.00000196. The van der Waals surface area contributed by atoms with Gasteiger partial charge in [0.15, 0.2) is 0 Å². The molecule has 28 heavy (non-hydrogen) atoms. The van der Waals surface area contributed by atoms with E-state index in [-0.39, 0.29) is 36.8 Å². The summed E-state index contributed by atoms with van der Waals surface area (Å²) in [5.41, 5.74) is -0.923. The van der Waals surface area contributed by atoms with E-state index in [1.54, 1.807) is 0 Å². The molecule has 0 radical (unpaired) electrons. The van der Waals surface area contributed by atoms with Crippen molar-refractivity contribution in [2.45, 2.75) is 38.5 Å². The molecule has 0 saturated heterocycles. The molecule has 164 valence electrons. The van der Waals surface area contributed by atoms with Crippen LogP contribution in [0.25, 0.3) is 0 Å². The summed E-state index contributed by atoms with van der Waals surface area (Å²) in [4.78, 5) is 29.9. The number of ether oxygens (including phenoxy) is 2. The molecule has 0 aromatic heterocycles. The van der Waals surface area contributed by atoms with Gasteiger partial charge in [-0.2, -0.15) is 0 Å². The van der Waals surface area contributed by atoms with Crippen LogP contribution in [0.3, 0.4) is 0 Å². The van der Waals surface area contributed by atoms with E-state index in [1.807, 2.05) is 38.0 Å². The fourth-order valence-corrected chi connectivity index (χ4v) is 5.69. The summed E-state index contributed by atoms with van der Waals surface area (Å²) in [5.74, 6) is 0.746. The molecular weight excluding hydrogens is 403 g/mol. The lowest BCUT2D eigenvalue weighted by Gasteiger charge is -2.59. The van der Waals surface area contributed by atoms with Crippen LogP contribution in [-0.2, 0) is 19.1 Å². The van der Waals surface area contributed by atoms with Crippen molar-refractivity contribution in [1.82, 2.24) is 9.80 Å². The number of rotatable bonds is 8. The molecule has 4 aliphatic carbocycles. The van der Waals surface area contributed by atoms with Crippen LogP contribution in [0.2, 0.25) is 0 Å². The smallest absolute Gasteiger partial charge is 0.312 e. The Morgan fingerprint density at radius 1 is 0.786 bits per heavy atom. The molecule has 0 aliphatic heterocycles. The molecule has 0 unspecified atom stereocenters. The number of nitrogens with zero attached hydrogens (tertiary/aromatic N) is 2. The second-order valence-corrected chi connectivity index (χ2v) is 9.40. The predicted molar refractivity (Wildman–Crippen MR) is 113 cm³/mol. The molecule has 4 aliphatic rings. The Bertz CT molecular complexity index is 498. The first kappa shape index (κ1) is 25.5. The largest absolute Gasteiger partial charge is 0.464 e. The van der Waals surface area contributed by atoms with E-state index in [2.05, 4.69) is 0 Å². The topological polar surface area (TPSA) is 59.1 Å². The molecule has 6 nitrogen and oxygen atoms in total. The van der Waals surface area contributed by atoms with Gasteiger partial charge in [0.1, 0.15) is 13.2 Å². The highest BCUT2D eigenvalue weighted by molar-refractivity contribution is 5.85. The van der Waals surface area contributed by atoms with E-state index in [0.717, 1.165) is 45.2 Å².